The molecular weight excluding hydrogens is 404 g/mol. The summed E-state index contributed by atoms with van der Waals surface area (Å²) in [7, 11) is 0. The van der Waals surface area contributed by atoms with Crippen LogP contribution in [-0.4, -0.2) is 40.0 Å². The number of aromatic nitrogens is 1. The number of carboxylic acid groups (broad SMARTS) is 1. The highest BCUT2D eigenvalue weighted by atomic mass is 16.7. The van der Waals surface area contributed by atoms with Crippen molar-refractivity contribution in [2.24, 2.45) is 5.92 Å². The molecule has 1 saturated carbocycles. The highest BCUT2D eigenvalue weighted by Gasteiger charge is 2.26. The minimum absolute atomic E-state index is 0.157. The number of ether oxygens (including phenoxy) is 1. The van der Waals surface area contributed by atoms with E-state index in [0.717, 1.165) is 17.6 Å². The lowest BCUT2D eigenvalue weighted by Gasteiger charge is -2.16. The van der Waals surface area contributed by atoms with Gasteiger partial charge in [-0.15, -0.1) is 4.73 Å². The number of carbonyl (C=O) groups excluding carboxylic acids is 1. The molecule has 1 aliphatic carbocycles. The molecule has 0 radical (unpaired) electrons. The van der Waals surface area contributed by atoms with E-state index in [-0.39, 0.29) is 17.5 Å². The number of hydrogen-bond donors (Lipinski definition) is 3. The third kappa shape index (κ3) is 4.45. The van der Waals surface area contributed by atoms with Crippen molar-refractivity contribution in [1.82, 2.24) is 10.0 Å². The smallest absolute Gasteiger partial charge is 0.322 e. The molecule has 1 aliphatic rings. The zero-order chi connectivity index (χ0) is 22.0. The van der Waals surface area contributed by atoms with Crippen LogP contribution in [0, 0.1) is 5.92 Å². The minimum atomic E-state index is -1.28. The number of nitrogens with zero attached hydrogens (tertiary/aromatic N) is 1. The van der Waals surface area contributed by atoms with E-state index in [4.69, 9.17) is 14.7 Å². The van der Waals surface area contributed by atoms with Crippen molar-refractivity contribution in [3.05, 3.63) is 64.4 Å². The first-order chi connectivity index (χ1) is 14.9. The first-order valence-electron chi connectivity index (χ1n) is 9.72. The quantitative estimate of drug-likeness (QED) is 0.506. The summed E-state index contributed by atoms with van der Waals surface area (Å²) in [6, 6.07) is 13.6. The maximum Gasteiger partial charge on any atom is 0.322 e. The van der Waals surface area contributed by atoms with Crippen LogP contribution in [0.25, 0.3) is 10.9 Å². The lowest BCUT2D eigenvalue weighted by atomic mass is 10.1. The lowest BCUT2D eigenvalue weighted by Crippen LogP contribution is -2.38. The molecule has 160 valence electrons. The molecule has 0 atom stereocenters. The molecule has 2 aromatic carbocycles. The number of carboxylic acids is 1. The van der Waals surface area contributed by atoms with Gasteiger partial charge in [-0.2, -0.15) is 0 Å². The highest BCUT2D eigenvalue weighted by Crippen LogP contribution is 2.32. The van der Waals surface area contributed by atoms with E-state index in [1.165, 1.54) is 6.07 Å². The molecule has 1 heterocycles. The molecule has 31 heavy (non-hydrogen) atoms. The van der Waals surface area contributed by atoms with E-state index < -0.39 is 35.3 Å². The Labute approximate surface area is 176 Å². The number of rotatable bonds is 8. The van der Waals surface area contributed by atoms with E-state index in [1.807, 2.05) is 18.2 Å². The second kappa shape index (κ2) is 8.39. The summed E-state index contributed by atoms with van der Waals surface area (Å²) >= 11 is 0. The Morgan fingerprint density at radius 2 is 1.84 bits per heavy atom. The van der Waals surface area contributed by atoms with Crippen molar-refractivity contribution in [2.45, 2.75) is 12.8 Å². The third-order valence-corrected chi connectivity index (χ3v) is 4.82. The maximum absolute atomic E-state index is 12.9. The lowest BCUT2D eigenvalue weighted by molar-refractivity contribution is -0.135. The van der Waals surface area contributed by atoms with Crippen LogP contribution in [-0.2, 0) is 4.79 Å². The van der Waals surface area contributed by atoms with Gasteiger partial charge in [-0.05, 0) is 49.1 Å². The molecule has 0 spiro atoms. The Kier molecular flexibility index (Phi) is 5.48. The fourth-order valence-corrected chi connectivity index (χ4v) is 3.06. The van der Waals surface area contributed by atoms with Crippen LogP contribution in [0.5, 0.6) is 17.2 Å². The van der Waals surface area contributed by atoms with Crippen LogP contribution < -0.4 is 20.5 Å². The van der Waals surface area contributed by atoms with Gasteiger partial charge in [0.25, 0.3) is 11.5 Å². The average Bonchev–Trinajstić information content (AvgIpc) is 3.58. The maximum atomic E-state index is 12.9. The van der Waals surface area contributed by atoms with Gasteiger partial charge < -0.3 is 25.1 Å². The summed E-state index contributed by atoms with van der Waals surface area (Å²) in [5.74, 6) is -1.59. The number of fused-ring (bicyclic) bond motifs is 1. The molecule has 0 aliphatic heterocycles. The SMILES string of the molecule is O=C(O)CNC(=O)c1c(O)c2cc(Oc3ccccc3)ccc2n(OCC2CC2)c1=O. The number of carbonyl (C=O) groups is 2. The van der Waals surface area contributed by atoms with Crippen LogP contribution in [0.4, 0.5) is 0 Å². The summed E-state index contributed by atoms with van der Waals surface area (Å²) in [5.41, 5.74) is -1.20. The van der Waals surface area contributed by atoms with Crippen molar-refractivity contribution in [1.29, 1.82) is 0 Å². The van der Waals surface area contributed by atoms with Crippen LogP contribution in [0.2, 0.25) is 0 Å². The van der Waals surface area contributed by atoms with Gasteiger partial charge in [0.1, 0.15) is 30.4 Å². The number of amides is 1. The standard InChI is InChI=1S/C22H20N2O7/c25-18(26)11-23-21(28)19-20(27)16-10-15(31-14-4-2-1-3-5-14)8-9-17(16)24(22(19)29)30-12-13-6-7-13/h1-5,8-10,13,27H,6-7,11-12H2,(H,23,28)(H,25,26). The Morgan fingerprint density at radius 1 is 1.10 bits per heavy atom. The number of nitrogens with one attached hydrogen (secondary N) is 1. The van der Waals surface area contributed by atoms with Gasteiger partial charge >= 0.3 is 5.97 Å². The molecule has 0 unspecified atom stereocenters. The van der Waals surface area contributed by atoms with Crippen molar-refractivity contribution >= 4 is 22.8 Å². The number of aromatic hydroxyl groups is 1. The second-order valence-electron chi connectivity index (χ2n) is 7.23. The van der Waals surface area contributed by atoms with Crippen molar-refractivity contribution in [3.8, 4) is 17.2 Å². The number of hydrogen-bond acceptors (Lipinski definition) is 6. The Bertz CT molecular complexity index is 1200. The predicted octanol–water partition coefficient (Wildman–Crippen LogP) is 2.15. The summed E-state index contributed by atoms with van der Waals surface area (Å²) in [5, 5.41) is 21.8. The zero-order valence-electron chi connectivity index (χ0n) is 16.4. The van der Waals surface area contributed by atoms with Crippen molar-refractivity contribution < 1.29 is 29.4 Å². The molecule has 0 bridgehead atoms. The van der Waals surface area contributed by atoms with E-state index in [1.54, 1.807) is 24.3 Å². The molecule has 1 aromatic heterocycles. The first-order valence-corrected chi connectivity index (χ1v) is 9.72. The van der Waals surface area contributed by atoms with Crippen LogP contribution >= 0.6 is 0 Å². The molecule has 3 aromatic rings. The van der Waals surface area contributed by atoms with Crippen LogP contribution in [0.15, 0.2) is 53.3 Å². The molecule has 9 nitrogen and oxygen atoms in total. The van der Waals surface area contributed by atoms with E-state index >= 15 is 0 Å². The van der Waals surface area contributed by atoms with Gasteiger partial charge in [-0.1, -0.05) is 18.2 Å². The Morgan fingerprint density at radius 3 is 2.52 bits per heavy atom. The van der Waals surface area contributed by atoms with Crippen LogP contribution in [0.3, 0.4) is 0 Å². The largest absolute Gasteiger partial charge is 0.506 e. The number of aliphatic carboxylic acids is 1. The van der Waals surface area contributed by atoms with E-state index in [0.29, 0.717) is 17.4 Å². The zero-order valence-corrected chi connectivity index (χ0v) is 16.4. The fraction of sp³-hybridized carbons (Fsp3) is 0.227. The molecule has 1 amide bonds. The summed E-state index contributed by atoms with van der Waals surface area (Å²) in [6.07, 6.45) is 1.98. The monoisotopic (exact) mass is 424 g/mol. The summed E-state index contributed by atoms with van der Waals surface area (Å²) < 4.78 is 6.75. The number of benzene rings is 2. The Balaban J connectivity index is 1.79. The van der Waals surface area contributed by atoms with Gasteiger partial charge in [0.05, 0.1) is 5.52 Å². The Hall–Kier alpha value is -4.01. The molecule has 4 rings (SSSR count). The normalized spacial score (nSPS) is 13.0. The topological polar surface area (TPSA) is 127 Å². The van der Waals surface area contributed by atoms with Gasteiger partial charge in [0.2, 0.25) is 0 Å². The fourth-order valence-electron chi connectivity index (χ4n) is 3.06. The van der Waals surface area contributed by atoms with E-state index in [9.17, 15) is 19.5 Å². The first kappa shape index (κ1) is 20.3. The molecular formula is C22H20N2O7. The van der Waals surface area contributed by atoms with Gasteiger partial charge in [0.15, 0.2) is 5.56 Å². The van der Waals surface area contributed by atoms with Gasteiger partial charge in [-0.25, -0.2) is 0 Å². The highest BCUT2D eigenvalue weighted by molar-refractivity contribution is 6.03. The third-order valence-electron chi connectivity index (χ3n) is 4.82. The number of para-hydroxylation sites is 1. The van der Waals surface area contributed by atoms with Crippen molar-refractivity contribution in [2.75, 3.05) is 13.2 Å². The van der Waals surface area contributed by atoms with E-state index in [2.05, 4.69) is 5.32 Å². The van der Waals surface area contributed by atoms with Gasteiger partial charge in [0, 0.05) is 5.39 Å². The second-order valence-corrected chi connectivity index (χ2v) is 7.23. The molecule has 9 heteroatoms. The summed E-state index contributed by atoms with van der Waals surface area (Å²) in [6.45, 7) is -0.409. The number of pyridine rings is 1. The predicted molar refractivity (Wildman–Crippen MR) is 111 cm³/mol. The minimum Gasteiger partial charge on any atom is -0.506 e. The van der Waals surface area contributed by atoms with Crippen LogP contribution in [0.1, 0.15) is 23.2 Å². The summed E-state index contributed by atoms with van der Waals surface area (Å²) in [4.78, 5) is 41.9. The average molecular weight is 424 g/mol. The molecule has 3 N–H and O–H groups in total. The van der Waals surface area contributed by atoms with Gasteiger partial charge in [-0.3, -0.25) is 14.4 Å². The molecule has 0 saturated heterocycles. The molecule has 1 fully saturated rings. The van der Waals surface area contributed by atoms with Crippen molar-refractivity contribution in [3.63, 3.8) is 0 Å².